The Kier molecular flexibility index (Phi) is 5.12. The molecule has 3 aromatic rings. The first-order valence-corrected chi connectivity index (χ1v) is 10.4. The third kappa shape index (κ3) is 3.83. The number of para-hydroxylation sites is 1. The Labute approximate surface area is 164 Å². The van der Waals surface area contributed by atoms with Gasteiger partial charge in [-0.2, -0.15) is 0 Å². The Morgan fingerprint density at radius 1 is 1.11 bits per heavy atom. The van der Waals surface area contributed by atoms with Crippen molar-refractivity contribution < 1.29 is 4.79 Å². The molecule has 1 amide bonds. The first kappa shape index (κ1) is 18.0. The van der Waals surface area contributed by atoms with E-state index in [0.29, 0.717) is 6.54 Å². The lowest BCUT2D eigenvalue weighted by Gasteiger charge is -2.31. The van der Waals surface area contributed by atoms with Crippen LogP contribution in [0, 0.1) is 19.8 Å². The van der Waals surface area contributed by atoms with E-state index in [1.54, 1.807) is 11.3 Å². The minimum atomic E-state index is 0.0972. The number of thiazole rings is 1. The minimum Gasteiger partial charge on any atom is -0.352 e. The zero-order chi connectivity index (χ0) is 18.8. The molecular formula is C22H25N3OS. The van der Waals surface area contributed by atoms with Crippen molar-refractivity contribution in [2.75, 3.05) is 18.0 Å². The van der Waals surface area contributed by atoms with Crippen molar-refractivity contribution in [2.24, 2.45) is 5.92 Å². The fourth-order valence-electron chi connectivity index (χ4n) is 3.78. The van der Waals surface area contributed by atoms with Gasteiger partial charge in [0.05, 0.1) is 10.2 Å². The van der Waals surface area contributed by atoms with Crippen LogP contribution in [0.5, 0.6) is 0 Å². The molecule has 140 valence electrons. The standard InChI is InChI=1S/C22H25N3OS/c1-15-6-5-7-16(2)18(15)14-23-21(26)17-10-12-25(13-11-17)22-24-19-8-3-4-9-20(19)27-22/h3-9,17H,10-14H2,1-2H3,(H,23,26). The van der Waals surface area contributed by atoms with Gasteiger partial charge in [0.25, 0.3) is 0 Å². The van der Waals surface area contributed by atoms with E-state index in [4.69, 9.17) is 4.98 Å². The summed E-state index contributed by atoms with van der Waals surface area (Å²) < 4.78 is 1.22. The number of amides is 1. The maximum Gasteiger partial charge on any atom is 0.223 e. The zero-order valence-electron chi connectivity index (χ0n) is 15.9. The molecule has 4 nitrogen and oxygen atoms in total. The lowest BCUT2D eigenvalue weighted by Crippen LogP contribution is -2.40. The van der Waals surface area contributed by atoms with Gasteiger partial charge in [0.15, 0.2) is 5.13 Å². The topological polar surface area (TPSA) is 45.2 Å². The normalized spacial score (nSPS) is 15.3. The van der Waals surface area contributed by atoms with Crippen LogP contribution in [-0.4, -0.2) is 24.0 Å². The van der Waals surface area contributed by atoms with Crippen LogP contribution in [0.1, 0.15) is 29.5 Å². The Balaban J connectivity index is 1.34. The number of nitrogens with zero attached hydrogens (tertiary/aromatic N) is 2. The van der Waals surface area contributed by atoms with Crippen molar-refractivity contribution >= 4 is 32.6 Å². The average Bonchev–Trinajstić information content (AvgIpc) is 3.12. The molecule has 1 saturated heterocycles. The number of aryl methyl sites for hydroxylation is 2. The van der Waals surface area contributed by atoms with Crippen molar-refractivity contribution in [1.29, 1.82) is 0 Å². The second-order valence-corrected chi connectivity index (χ2v) is 8.32. The summed E-state index contributed by atoms with van der Waals surface area (Å²) in [5, 5.41) is 4.23. The van der Waals surface area contributed by atoms with Gasteiger partial charge in [0, 0.05) is 25.6 Å². The van der Waals surface area contributed by atoms with Crippen molar-refractivity contribution in [3.8, 4) is 0 Å². The molecule has 0 radical (unpaired) electrons. The van der Waals surface area contributed by atoms with Gasteiger partial charge in [-0.05, 0) is 55.5 Å². The highest BCUT2D eigenvalue weighted by Gasteiger charge is 2.26. The van der Waals surface area contributed by atoms with Crippen LogP contribution >= 0.6 is 11.3 Å². The maximum atomic E-state index is 12.6. The molecule has 0 unspecified atom stereocenters. The lowest BCUT2D eigenvalue weighted by molar-refractivity contribution is -0.125. The summed E-state index contributed by atoms with van der Waals surface area (Å²) in [4.78, 5) is 19.7. The van der Waals surface area contributed by atoms with Crippen molar-refractivity contribution in [3.05, 3.63) is 59.2 Å². The number of carbonyl (C=O) groups excluding carboxylic acids is 1. The van der Waals surface area contributed by atoms with Crippen LogP contribution in [0.3, 0.4) is 0 Å². The summed E-state index contributed by atoms with van der Waals surface area (Å²) in [5.41, 5.74) is 4.77. The number of fused-ring (bicyclic) bond motifs is 1. The summed E-state index contributed by atoms with van der Waals surface area (Å²) in [7, 11) is 0. The molecule has 4 rings (SSSR count). The molecular weight excluding hydrogens is 354 g/mol. The highest BCUT2D eigenvalue weighted by Crippen LogP contribution is 2.31. The lowest BCUT2D eigenvalue weighted by atomic mass is 9.95. The smallest absolute Gasteiger partial charge is 0.223 e. The first-order chi connectivity index (χ1) is 13.1. The highest BCUT2D eigenvalue weighted by molar-refractivity contribution is 7.22. The van der Waals surface area contributed by atoms with Gasteiger partial charge in [-0.15, -0.1) is 0 Å². The third-order valence-corrected chi connectivity index (χ3v) is 6.60. The zero-order valence-corrected chi connectivity index (χ0v) is 16.7. The average molecular weight is 380 g/mol. The third-order valence-electron chi connectivity index (χ3n) is 5.50. The van der Waals surface area contributed by atoms with E-state index in [-0.39, 0.29) is 11.8 Å². The molecule has 1 aliphatic heterocycles. The van der Waals surface area contributed by atoms with Gasteiger partial charge >= 0.3 is 0 Å². The summed E-state index contributed by atoms with van der Waals surface area (Å²) in [5.74, 6) is 0.279. The molecule has 2 heterocycles. The molecule has 0 bridgehead atoms. The number of piperidine rings is 1. The summed E-state index contributed by atoms with van der Waals surface area (Å²) >= 11 is 1.74. The van der Waals surface area contributed by atoms with Gasteiger partial charge in [0.2, 0.25) is 5.91 Å². The number of nitrogens with one attached hydrogen (secondary N) is 1. The monoisotopic (exact) mass is 379 g/mol. The number of aromatic nitrogens is 1. The van der Waals surface area contributed by atoms with Gasteiger partial charge in [-0.25, -0.2) is 4.98 Å². The molecule has 0 saturated carbocycles. The van der Waals surface area contributed by atoms with E-state index in [2.05, 4.69) is 60.5 Å². The fourth-order valence-corrected chi connectivity index (χ4v) is 4.79. The van der Waals surface area contributed by atoms with Crippen LogP contribution in [-0.2, 0) is 11.3 Å². The molecule has 0 aliphatic carbocycles. The predicted octanol–water partition coefficient (Wildman–Crippen LogP) is 4.45. The summed E-state index contributed by atoms with van der Waals surface area (Å²) in [6.45, 7) is 6.61. The van der Waals surface area contributed by atoms with E-state index in [1.807, 2.05) is 6.07 Å². The van der Waals surface area contributed by atoms with E-state index in [0.717, 1.165) is 36.6 Å². The number of carbonyl (C=O) groups is 1. The van der Waals surface area contributed by atoms with Gasteiger partial charge < -0.3 is 10.2 Å². The van der Waals surface area contributed by atoms with E-state index >= 15 is 0 Å². The first-order valence-electron chi connectivity index (χ1n) is 9.55. The molecule has 0 spiro atoms. The second kappa shape index (κ2) is 7.69. The summed E-state index contributed by atoms with van der Waals surface area (Å²) in [6, 6.07) is 14.5. The quantitative estimate of drug-likeness (QED) is 0.729. The number of anilines is 1. The Morgan fingerprint density at radius 3 is 2.52 bits per heavy atom. The van der Waals surface area contributed by atoms with Crippen molar-refractivity contribution in [3.63, 3.8) is 0 Å². The van der Waals surface area contributed by atoms with Gasteiger partial charge in [0.1, 0.15) is 0 Å². The Bertz CT molecular complexity index is 904. The number of hydrogen-bond acceptors (Lipinski definition) is 4. The number of benzene rings is 2. The molecule has 0 atom stereocenters. The molecule has 1 aliphatic rings. The van der Waals surface area contributed by atoms with Gasteiger partial charge in [-0.1, -0.05) is 41.7 Å². The minimum absolute atomic E-state index is 0.0972. The van der Waals surface area contributed by atoms with Crippen LogP contribution in [0.15, 0.2) is 42.5 Å². The van der Waals surface area contributed by atoms with E-state index in [1.165, 1.54) is 21.4 Å². The van der Waals surface area contributed by atoms with Crippen LogP contribution in [0.4, 0.5) is 5.13 Å². The largest absolute Gasteiger partial charge is 0.352 e. The van der Waals surface area contributed by atoms with Crippen LogP contribution in [0.2, 0.25) is 0 Å². The number of rotatable bonds is 4. The highest BCUT2D eigenvalue weighted by atomic mass is 32.1. The number of hydrogen-bond donors (Lipinski definition) is 1. The molecule has 1 fully saturated rings. The summed E-state index contributed by atoms with van der Waals surface area (Å²) in [6.07, 6.45) is 1.77. The Morgan fingerprint density at radius 2 is 1.81 bits per heavy atom. The SMILES string of the molecule is Cc1cccc(C)c1CNC(=O)C1CCN(c2nc3ccccc3s2)CC1. The molecule has 1 N–H and O–H groups in total. The van der Waals surface area contributed by atoms with Crippen molar-refractivity contribution in [2.45, 2.75) is 33.2 Å². The van der Waals surface area contributed by atoms with E-state index in [9.17, 15) is 4.79 Å². The molecule has 27 heavy (non-hydrogen) atoms. The Hall–Kier alpha value is -2.40. The van der Waals surface area contributed by atoms with Crippen LogP contribution < -0.4 is 10.2 Å². The van der Waals surface area contributed by atoms with Crippen molar-refractivity contribution in [1.82, 2.24) is 10.3 Å². The fraction of sp³-hybridized carbons (Fsp3) is 0.364. The molecule has 1 aromatic heterocycles. The maximum absolute atomic E-state index is 12.6. The molecule has 5 heteroatoms. The van der Waals surface area contributed by atoms with Gasteiger partial charge in [-0.3, -0.25) is 4.79 Å². The molecule has 2 aromatic carbocycles. The predicted molar refractivity (Wildman–Crippen MR) is 112 cm³/mol. The van der Waals surface area contributed by atoms with E-state index < -0.39 is 0 Å². The van der Waals surface area contributed by atoms with Crippen LogP contribution in [0.25, 0.3) is 10.2 Å². The second-order valence-electron chi connectivity index (χ2n) is 7.31.